The highest BCUT2D eigenvalue weighted by atomic mass is 19.2. The van der Waals surface area contributed by atoms with E-state index in [0.717, 1.165) is 12.1 Å². The zero-order valence-corrected chi connectivity index (χ0v) is 10.2. The monoisotopic (exact) mass is 307 g/mol. The normalized spacial score (nSPS) is 10.8. The highest BCUT2D eigenvalue weighted by molar-refractivity contribution is 5.41. The molecule has 0 fully saturated rings. The van der Waals surface area contributed by atoms with E-state index in [1.807, 2.05) is 0 Å². The van der Waals surface area contributed by atoms with Gasteiger partial charge in [-0.2, -0.15) is 8.78 Å². The molecular weight excluding hydrogens is 300 g/mol. The minimum atomic E-state index is -2.28. The Hall–Kier alpha value is -2.38. The fourth-order valence-electron chi connectivity index (χ4n) is 1.63. The second-order valence-electron chi connectivity index (χ2n) is 4.08. The summed E-state index contributed by atoms with van der Waals surface area (Å²) >= 11 is 0. The SMILES string of the molecule is Nc1cc(F)cc(COc2c(F)c(F)c(F)c(F)c2F)c1. The van der Waals surface area contributed by atoms with Crippen molar-refractivity contribution < 1.29 is 31.1 Å². The number of halogens is 6. The van der Waals surface area contributed by atoms with Crippen LogP contribution in [0, 0.1) is 34.9 Å². The van der Waals surface area contributed by atoms with Crippen molar-refractivity contribution in [2.75, 3.05) is 5.73 Å². The molecule has 8 heteroatoms. The fourth-order valence-corrected chi connectivity index (χ4v) is 1.63. The number of hydrogen-bond acceptors (Lipinski definition) is 2. The molecule has 0 saturated heterocycles. The van der Waals surface area contributed by atoms with E-state index in [-0.39, 0.29) is 11.3 Å². The van der Waals surface area contributed by atoms with Gasteiger partial charge < -0.3 is 10.5 Å². The molecule has 0 atom stereocenters. The molecule has 0 spiro atoms. The smallest absolute Gasteiger partial charge is 0.207 e. The van der Waals surface area contributed by atoms with Gasteiger partial charge in [0.05, 0.1) is 0 Å². The van der Waals surface area contributed by atoms with Crippen molar-refractivity contribution >= 4 is 5.69 Å². The predicted octanol–water partition coefficient (Wildman–Crippen LogP) is 3.68. The molecule has 2 nitrogen and oxygen atoms in total. The number of anilines is 1. The Balaban J connectivity index is 2.32. The molecule has 0 aromatic heterocycles. The van der Waals surface area contributed by atoms with Crippen molar-refractivity contribution in [2.24, 2.45) is 0 Å². The molecule has 0 amide bonds. The van der Waals surface area contributed by atoms with Crippen LogP contribution >= 0.6 is 0 Å². The first-order valence-corrected chi connectivity index (χ1v) is 5.50. The maximum absolute atomic E-state index is 13.3. The summed E-state index contributed by atoms with van der Waals surface area (Å²) < 4.78 is 82.9. The standard InChI is InChI=1S/C13H7F6NO/c14-6-1-5(2-7(20)3-6)4-21-13-11(18)9(16)8(15)10(17)12(13)19/h1-3H,4,20H2. The molecule has 0 aliphatic heterocycles. The van der Waals surface area contributed by atoms with E-state index < -0.39 is 47.3 Å². The van der Waals surface area contributed by atoms with Crippen LogP contribution in [0.5, 0.6) is 5.75 Å². The van der Waals surface area contributed by atoms with Gasteiger partial charge in [0.15, 0.2) is 5.75 Å². The summed E-state index contributed by atoms with van der Waals surface area (Å²) in [4.78, 5) is 0. The van der Waals surface area contributed by atoms with Gasteiger partial charge in [-0.3, -0.25) is 0 Å². The molecular formula is C13H7F6NO. The highest BCUT2D eigenvalue weighted by Gasteiger charge is 2.27. The quantitative estimate of drug-likeness (QED) is 0.406. The van der Waals surface area contributed by atoms with Crippen molar-refractivity contribution in [2.45, 2.75) is 6.61 Å². The van der Waals surface area contributed by atoms with Gasteiger partial charge in [0.1, 0.15) is 12.4 Å². The van der Waals surface area contributed by atoms with E-state index in [0.29, 0.717) is 0 Å². The minimum Gasteiger partial charge on any atom is -0.483 e. The maximum Gasteiger partial charge on any atom is 0.207 e. The van der Waals surface area contributed by atoms with Crippen molar-refractivity contribution in [3.05, 3.63) is 58.7 Å². The molecule has 0 bridgehead atoms. The van der Waals surface area contributed by atoms with E-state index in [1.54, 1.807) is 0 Å². The minimum absolute atomic E-state index is 0.0195. The van der Waals surface area contributed by atoms with Crippen LogP contribution in [0.1, 0.15) is 5.56 Å². The molecule has 2 rings (SSSR count). The Kier molecular flexibility index (Phi) is 3.97. The first-order chi connectivity index (χ1) is 9.81. The van der Waals surface area contributed by atoms with Crippen LogP contribution in [0.3, 0.4) is 0 Å². The van der Waals surface area contributed by atoms with E-state index in [4.69, 9.17) is 5.73 Å². The van der Waals surface area contributed by atoms with E-state index in [1.165, 1.54) is 6.07 Å². The lowest BCUT2D eigenvalue weighted by Gasteiger charge is -2.10. The number of nitrogens with two attached hydrogens (primary N) is 1. The lowest BCUT2D eigenvalue weighted by atomic mass is 10.2. The van der Waals surface area contributed by atoms with Gasteiger partial charge in [0, 0.05) is 5.69 Å². The van der Waals surface area contributed by atoms with Crippen LogP contribution < -0.4 is 10.5 Å². The average Bonchev–Trinajstić information content (AvgIpc) is 2.42. The number of ether oxygens (including phenoxy) is 1. The molecule has 2 N–H and O–H groups in total. The number of benzene rings is 2. The lowest BCUT2D eigenvalue weighted by Crippen LogP contribution is -2.07. The summed E-state index contributed by atoms with van der Waals surface area (Å²) in [6.07, 6.45) is 0. The number of hydrogen-bond donors (Lipinski definition) is 1. The van der Waals surface area contributed by atoms with Crippen LogP contribution in [0.4, 0.5) is 32.0 Å². The highest BCUT2D eigenvalue weighted by Crippen LogP contribution is 2.29. The van der Waals surface area contributed by atoms with Crippen molar-refractivity contribution in [3.63, 3.8) is 0 Å². The summed E-state index contributed by atoms with van der Waals surface area (Å²) in [5.74, 6) is -12.9. The first-order valence-electron chi connectivity index (χ1n) is 5.50. The molecule has 0 heterocycles. The molecule has 2 aromatic rings. The predicted molar refractivity (Wildman–Crippen MR) is 61.4 cm³/mol. The summed E-state index contributed by atoms with van der Waals surface area (Å²) in [6.45, 7) is -0.625. The van der Waals surface area contributed by atoms with Gasteiger partial charge in [-0.15, -0.1) is 0 Å². The second kappa shape index (κ2) is 5.55. The topological polar surface area (TPSA) is 35.2 Å². The molecule has 0 aliphatic carbocycles. The Morgan fingerprint density at radius 2 is 1.29 bits per heavy atom. The second-order valence-corrected chi connectivity index (χ2v) is 4.08. The van der Waals surface area contributed by atoms with Gasteiger partial charge in [0.2, 0.25) is 29.1 Å². The Morgan fingerprint density at radius 1 is 0.762 bits per heavy atom. The third-order valence-electron chi connectivity index (χ3n) is 2.53. The van der Waals surface area contributed by atoms with Gasteiger partial charge in [-0.05, 0) is 23.8 Å². The van der Waals surface area contributed by atoms with Gasteiger partial charge >= 0.3 is 0 Å². The van der Waals surface area contributed by atoms with Gasteiger partial charge in [-0.25, -0.2) is 17.6 Å². The summed E-state index contributed by atoms with van der Waals surface area (Å²) in [6, 6.07) is 3.17. The summed E-state index contributed by atoms with van der Waals surface area (Å²) in [7, 11) is 0. The molecule has 21 heavy (non-hydrogen) atoms. The van der Waals surface area contributed by atoms with Gasteiger partial charge in [0.25, 0.3) is 0 Å². The van der Waals surface area contributed by atoms with Gasteiger partial charge in [-0.1, -0.05) is 0 Å². The van der Waals surface area contributed by atoms with Crippen LogP contribution in [-0.2, 0) is 6.61 Å². The molecule has 2 aromatic carbocycles. The molecule has 0 unspecified atom stereocenters. The number of nitrogen functional groups attached to an aromatic ring is 1. The Bertz CT molecular complexity index is 654. The van der Waals surface area contributed by atoms with Crippen molar-refractivity contribution in [1.29, 1.82) is 0 Å². The number of rotatable bonds is 3. The zero-order chi connectivity index (χ0) is 15.7. The van der Waals surface area contributed by atoms with Crippen molar-refractivity contribution in [3.8, 4) is 5.75 Å². The average molecular weight is 307 g/mol. The Labute approximate surface area is 114 Å². The third-order valence-corrected chi connectivity index (χ3v) is 2.53. The van der Waals surface area contributed by atoms with E-state index in [9.17, 15) is 26.3 Å². The van der Waals surface area contributed by atoms with E-state index >= 15 is 0 Å². The van der Waals surface area contributed by atoms with Crippen LogP contribution in [0.25, 0.3) is 0 Å². The third kappa shape index (κ3) is 2.88. The summed E-state index contributed by atoms with van der Waals surface area (Å²) in [5, 5.41) is 0. The molecule has 0 saturated carbocycles. The van der Waals surface area contributed by atoms with Crippen LogP contribution in [-0.4, -0.2) is 0 Å². The Morgan fingerprint density at radius 3 is 1.81 bits per heavy atom. The summed E-state index contributed by atoms with van der Waals surface area (Å²) in [5.41, 5.74) is 5.43. The lowest BCUT2D eigenvalue weighted by molar-refractivity contribution is 0.253. The van der Waals surface area contributed by atoms with Crippen molar-refractivity contribution in [1.82, 2.24) is 0 Å². The first kappa shape index (κ1) is 15.0. The van der Waals surface area contributed by atoms with E-state index in [2.05, 4.69) is 4.74 Å². The maximum atomic E-state index is 13.3. The van der Waals surface area contributed by atoms with Crippen LogP contribution in [0.2, 0.25) is 0 Å². The zero-order valence-electron chi connectivity index (χ0n) is 10.2. The largest absolute Gasteiger partial charge is 0.483 e. The molecule has 112 valence electrons. The molecule has 0 aliphatic rings. The molecule has 0 radical (unpaired) electrons. The van der Waals surface area contributed by atoms with Crippen LogP contribution in [0.15, 0.2) is 18.2 Å². The fraction of sp³-hybridized carbons (Fsp3) is 0.0769.